The molecule has 0 saturated heterocycles. The Morgan fingerprint density at radius 2 is 1.71 bits per heavy atom. The fraction of sp³-hybridized carbons (Fsp3) is 0.243. The Kier molecular flexibility index (Phi) is 12.3. The normalized spacial score (nSPS) is 16.9. The fourth-order valence-electron chi connectivity index (χ4n) is 5.42. The third-order valence-electron chi connectivity index (χ3n) is 7.86. The van der Waals surface area contributed by atoms with Crippen molar-refractivity contribution in [2.24, 2.45) is 10.1 Å². The van der Waals surface area contributed by atoms with Gasteiger partial charge in [0, 0.05) is 36.5 Å². The van der Waals surface area contributed by atoms with Gasteiger partial charge in [-0.2, -0.15) is 0 Å². The first kappa shape index (κ1) is 36.5. The predicted molar refractivity (Wildman–Crippen MR) is 184 cm³/mol. The van der Waals surface area contributed by atoms with Crippen molar-refractivity contribution in [3.63, 3.8) is 0 Å². The highest BCUT2D eigenvalue weighted by atomic mass is 19.4. The maximum absolute atomic E-state index is 14.4. The summed E-state index contributed by atoms with van der Waals surface area (Å²) in [7, 11) is 0. The number of aliphatic hydroxyl groups excluding tert-OH is 1. The van der Waals surface area contributed by atoms with Crippen molar-refractivity contribution in [1.82, 2.24) is 10.9 Å². The first-order valence-electron chi connectivity index (χ1n) is 16.0. The van der Waals surface area contributed by atoms with Crippen LogP contribution in [0.4, 0.5) is 13.2 Å². The van der Waals surface area contributed by atoms with Crippen LogP contribution in [-0.4, -0.2) is 42.0 Å². The summed E-state index contributed by atoms with van der Waals surface area (Å²) >= 11 is 0. The molecular weight excluding hydrogens is 665 g/mol. The Balaban J connectivity index is 1.49. The summed E-state index contributed by atoms with van der Waals surface area (Å²) in [6.07, 6.45) is -1.50. The average molecular weight is 701 g/mol. The summed E-state index contributed by atoms with van der Waals surface area (Å²) in [5, 5.41) is 12.8. The van der Waals surface area contributed by atoms with E-state index in [1.807, 2.05) is 42.5 Å². The molecule has 1 amide bonds. The predicted octanol–water partition coefficient (Wildman–Crippen LogP) is 7.34. The number of ether oxygens (including phenoxy) is 3. The van der Waals surface area contributed by atoms with Gasteiger partial charge in [-0.25, -0.2) is 10.4 Å². The molecule has 14 heteroatoms. The molecule has 5 rings (SSSR count). The van der Waals surface area contributed by atoms with E-state index < -0.39 is 23.9 Å². The summed E-state index contributed by atoms with van der Waals surface area (Å²) in [4.78, 5) is 22.3. The number of rotatable bonds is 16. The van der Waals surface area contributed by atoms with Crippen molar-refractivity contribution < 1.29 is 37.3 Å². The second-order valence-corrected chi connectivity index (χ2v) is 11.4. The molecule has 1 aliphatic heterocycles. The zero-order valence-corrected chi connectivity index (χ0v) is 27.3. The maximum Gasteiger partial charge on any atom is 0.573 e. The van der Waals surface area contributed by atoms with E-state index in [1.54, 1.807) is 48.5 Å². The molecular formula is C37H35F3N6O5. The standard InChI is InChI=1S/C37H35F3N6O5/c38-37(39,40)51-31-17-13-27(14-18-31)24-42-45-35(48)36(21-6-10-26-8-2-1-3-9-26)33(32-12-5-4-11-29(32)25-43-46-41)50-34(44-36)28-15-19-30(20-16-28)49-23-7-22-47/h1-6,8-20,33,42,47H,7,21-25H2,(H,45,48)/b10-6+/t33-,36-/m0/s1. The Morgan fingerprint density at radius 3 is 2.41 bits per heavy atom. The second-order valence-electron chi connectivity index (χ2n) is 11.4. The number of benzene rings is 4. The van der Waals surface area contributed by atoms with Crippen LogP contribution < -0.4 is 20.3 Å². The highest BCUT2D eigenvalue weighted by molar-refractivity contribution is 6.01. The number of halogens is 3. The molecule has 0 unspecified atom stereocenters. The highest BCUT2D eigenvalue weighted by Gasteiger charge is 2.53. The minimum Gasteiger partial charge on any atom is -0.494 e. The Bertz CT molecular complexity index is 1860. The van der Waals surface area contributed by atoms with E-state index >= 15 is 0 Å². The summed E-state index contributed by atoms with van der Waals surface area (Å²) in [6, 6.07) is 29.0. The molecule has 51 heavy (non-hydrogen) atoms. The molecule has 0 radical (unpaired) electrons. The number of carbonyl (C=O) groups is 1. The smallest absolute Gasteiger partial charge is 0.494 e. The van der Waals surface area contributed by atoms with Gasteiger partial charge in [-0.1, -0.05) is 84.0 Å². The van der Waals surface area contributed by atoms with Crippen LogP contribution in [0.15, 0.2) is 119 Å². The lowest BCUT2D eigenvalue weighted by Crippen LogP contribution is -2.52. The van der Waals surface area contributed by atoms with Gasteiger partial charge in [0.1, 0.15) is 11.5 Å². The number of nitrogens with one attached hydrogen (secondary N) is 2. The largest absolute Gasteiger partial charge is 0.573 e. The van der Waals surface area contributed by atoms with Gasteiger partial charge >= 0.3 is 6.36 Å². The number of aliphatic imine (C=N–C) groups is 1. The molecule has 264 valence electrons. The molecule has 11 nitrogen and oxygen atoms in total. The maximum atomic E-state index is 14.4. The van der Waals surface area contributed by atoms with Gasteiger partial charge < -0.3 is 19.3 Å². The number of hydrazine groups is 1. The molecule has 3 N–H and O–H groups in total. The van der Waals surface area contributed by atoms with Crippen LogP contribution >= 0.6 is 0 Å². The minimum absolute atomic E-state index is 0.00555. The zero-order chi connectivity index (χ0) is 36.1. The fourth-order valence-corrected chi connectivity index (χ4v) is 5.42. The number of aliphatic hydroxyl groups is 1. The highest BCUT2D eigenvalue weighted by Crippen LogP contribution is 2.44. The van der Waals surface area contributed by atoms with Crippen molar-refractivity contribution in [2.75, 3.05) is 13.2 Å². The van der Waals surface area contributed by atoms with E-state index in [9.17, 15) is 18.0 Å². The molecule has 0 fully saturated rings. The van der Waals surface area contributed by atoms with E-state index in [0.29, 0.717) is 41.0 Å². The van der Waals surface area contributed by atoms with E-state index in [2.05, 4.69) is 25.6 Å². The van der Waals surface area contributed by atoms with Crippen molar-refractivity contribution in [1.29, 1.82) is 0 Å². The molecule has 0 bridgehead atoms. The van der Waals surface area contributed by atoms with Crippen molar-refractivity contribution in [3.05, 3.63) is 147 Å². The molecule has 4 aromatic carbocycles. The minimum atomic E-state index is -4.81. The molecule has 0 saturated carbocycles. The van der Waals surface area contributed by atoms with Crippen molar-refractivity contribution in [3.8, 4) is 11.5 Å². The quantitative estimate of drug-likeness (QED) is 0.0366. The van der Waals surface area contributed by atoms with Gasteiger partial charge in [0.15, 0.2) is 11.6 Å². The number of amides is 1. The van der Waals surface area contributed by atoms with Crippen LogP contribution in [0, 0.1) is 0 Å². The second kappa shape index (κ2) is 17.2. The SMILES string of the molecule is [N-]=[N+]=NCc1ccccc1[C@@H]1OC(c2ccc(OCCCO)cc2)=N[C@]1(C/C=C/c1ccccc1)C(=O)NNCc1ccc(OC(F)(F)F)cc1. The van der Waals surface area contributed by atoms with Crippen LogP contribution in [-0.2, 0) is 22.6 Å². The number of nitrogens with zero attached hydrogens (tertiary/aromatic N) is 4. The third-order valence-corrected chi connectivity index (χ3v) is 7.86. The van der Waals surface area contributed by atoms with E-state index in [4.69, 9.17) is 25.1 Å². The van der Waals surface area contributed by atoms with Gasteiger partial charge in [0.2, 0.25) is 5.90 Å². The Morgan fingerprint density at radius 1 is 1.00 bits per heavy atom. The van der Waals surface area contributed by atoms with E-state index in [0.717, 1.165) is 5.56 Å². The summed E-state index contributed by atoms with van der Waals surface area (Å²) < 4.78 is 54.0. The lowest BCUT2D eigenvalue weighted by molar-refractivity contribution is -0.274. The topological polar surface area (TPSA) is 150 Å². The van der Waals surface area contributed by atoms with E-state index in [1.165, 1.54) is 24.3 Å². The Labute approximate surface area is 292 Å². The van der Waals surface area contributed by atoms with Crippen LogP contribution in [0.5, 0.6) is 11.5 Å². The van der Waals surface area contributed by atoms with Gasteiger partial charge in [0.25, 0.3) is 5.91 Å². The molecule has 4 aromatic rings. The molecule has 1 heterocycles. The van der Waals surface area contributed by atoms with E-state index in [-0.39, 0.29) is 37.8 Å². The molecule has 0 spiro atoms. The van der Waals surface area contributed by atoms with Crippen molar-refractivity contribution >= 4 is 17.9 Å². The summed E-state index contributed by atoms with van der Waals surface area (Å²) in [6.45, 7) is 0.423. The zero-order valence-electron chi connectivity index (χ0n) is 27.3. The number of carbonyl (C=O) groups excluding carboxylic acids is 1. The number of hydrogen-bond donors (Lipinski definition) is 3. The van der Waals surface area contributed by atoms with Gasteiger partial charge in [-0.15, -0.1) is 13.2 Å². The van der Waals surface area contributed by atoms with Crippen LogP contribution in [0.25, 0.3) is 16.5 Å². The number of hydrogen-bond acceptors (Lipinski definition) is 8. The first-order valence-corrected chi connectivity index (χ1v) is 16.0. The number of alkyl halides is 3. The average Bonchev–Trinajstić information content (AvgIpc) is 3.52. The lowest BCUT2D eigenvalue weighted by atomic mass is 9.82. The number of azide groups is 1. The molecule has 0 aromatic heterocycles. The van der Waals surface area contributed by atoms with Crippen LogP contribution in [0.2, 0.25) is 0 Å². The summed E-state index contributed by atoms with van der Waals surface area (Å²) in [5.74, 6) is -0.126. The molecule has 0 aliphatic carbocycles. The monoisotopic (exact) mass is 700 g/mol. The van der Waals surface area contributed by atoms with Crippen LogP contribution in [0.3, 0.4) is 0 Å². The molecule has 2 atom stereocenters. The lowest BCUT2D eigenvalue weighted by Gasteiger charge is -2.31. The summed E-state index contributed by atoms with van der Waals surface area (Å²) in [5.41, 5.74) is 16.4. The van der Waals surface area contributed by atoms with Crippen molar-refractivity contribution in [2.45, 2.75) is 43.9 Å². The van der Waals surface area contributed by atoms with Gasteiger partial charge in [-0.3, -0.25) is 10.2 Å². The van der Waals surface area contributed by atoms with Gasteiger partial charge in [-0.05, 0) is 64.2 Å². The van der Waals surface area contributed by atoms with Gasteiger partial charge in [0.05, 0.1) is 13.2 Å². The third kappa shape index (κ3) is 9.88. The van der Waals surface area contributed by atoms with Crippen LogP contribution in [0.1, 0.15) is 46.8 Å². The Hall–Kier alpha value is -5.82. The first-order chi connectivity index (χ1) is 24.7. The molecule has 1 aliphatic rings.